The number of amides is 1. The lowest BCUT2D eigenvalue weighted by molar-refractivity contribution is 0.102. The second kappa shape index (κ2) is 8.39. The van der Waals surface area contributed by atoms with Gasteiger partial charge in [0.1, 0.15) is 6.61 Å². The van der Waals surface area contributed by atoms with Crippen molar-refractivity contribution in [2.75, 3.05) is 18.5 Å². The Kier molecular flexibility index (Phi) is 6.23. The highest BCUT2D eigenvalue weighted by Crippen LogP contribution is 2.29. The third-order valence-corrected chi connectivity index (χ3v) is 3.49. The van der Waals surface area contributed by atoms with Gasteiger partial charge in [-0.05, 0) is 49.4 Å². The summed E-state index contributed by atoms with van der Waals surface area (Å²) in [6.45, 7) is 6.37. The molecule has 0 aliphatic rings. The maximum Gasteiger partial charge on any atom is 0.255 e. The minimum Gasteiger partial charge on any atom is -0.490 e. The second-order valence-corrected chi connectivity index (χ2v) is 5.57. The molecule has 2 aromatic carbocycles. The van der Waals surface area contributed by atoms with Gasteiger partial charge in [0, 0.05) is 15.7 Å². The average Bonchev–Trinajstić information content (AvgIpc) is 2.56. The third kappa shape index (κ3) is 4.86. The summed E-state index contributed by atoms with van der Waals surface area (Å²) in [5.41, 5.74) is 1.23. The van der Waals surface area contributed by atoms with Crippen LogP contribution in [0.2, 0.25) is 0 Å². The molecule has 0 fully saturated rings. The summed E-state index contributed by atoms with van der Waals surface area (Å²) in [7, 11) is 0. The van der Waals surface area contributed by atoms with E-state index in [-0.39, 0.29) is 5.91 Å². The molecule has 0 aromatic heterocycles. The summed E-state index contributed by atoms with van der Waals surface area (Å²) in [5, 5.41) is 2.85. The van der Waals surface area contributed by atoms with Gasteiger partial charge in [0.05, 0.1) is 6.61 Å². The zero-order valence-corrected chi connectivity index (χ0v) is 14.4. The molecular weight excluding hydrogens is 358 g/mol. The van der Waals surface area contributed by atoms with Crippen LogP contribution in [0.15, 0.2) is 59.6 Å². The molecule has 0 spiro atoms. The average molecular weight is 376 g/mol. The first kappa shape index (κ1) is 17.1. The van der Waals surface area contributed by atoms with Gasteiger partial charge in [-0.1, -0.05) is 28.6 Å². The fraction of sp³-hybridized carbons (Fsp3) is 0.167. The van der Waals surface area contributed by atoms with E-state index in [2.05, 4.69) is 27.8 Å². The number of halogens is 1. The van der Waals surface area contributed by atoms with Gasteiger partial charge < -0.3 is 14.8 Å². The fourth-order valence-electron chi connectivity index (χ4n) is 1.92. The van der Waals surface area contributed by atoms with E-state index in [0.29, 0.717) is 30.3 Å². The summed E-state index contributed by atoms with van der Waals surface area (Å²) < 4.78 is 12.0. The van der Waals surface area contributed by atoms with Crippen molar-refractivity contribution in [3.05, 3.63) is 65.2 Å². The largest absolute Gasteiger partial charge is 0.490 e. The normalized spacial score (nSPS) is 10.0. The molecule has 0 aliphatic carbocycles. The maximum absolute atomic E-state index is 12.3. The molecule has 1 amide bonds. The zero-order valence-electron chi connectivity index (χ0n) is 12.8. The molecule has 4 nitrogen and oxygen atoms in total. The predicted molar refractivity (Wildman–Crippen MR) is 95.4 cm³/mol. The van der Waals surface area contributed by atoms with Gasteiger partial charge in [0.2, 0.25) is 0 Å². The number of rotatable bonds is 7. The number of carbonyl (C=O) groups excluding carboxylic acids is 1. The Hall–Kier alpha value is -2.27. The summed E-state index contributed by atoms with van der Waals surface area (Å²) >= 11 is 3.36. The van der Waals surface area contributed by atoms with Crippen molar-refractivity contribution in [1.82, 2.24) is 0 Å². The van der Waals surface area contributed by atoms with Crippen LogP contribution in [0.3, 0.4) is 0 Å². The van der Waals surface area contributed by atoms with Crippen LogP contribution in [0.1, 0.15) is 17.3 Å². The molecule has 0 saturated heterocycles. The third-order valence-electron chi connectivity index (χ3n) is 2.96. The monoisotopic (exact) mass is 375 g/mol. The van der Waals surface area contributed by atoms with E-state index >= 15 is 0 Å². The lowest BCUT2D eigenvalue weighted by Gasteiger charge is -2.12. The molecule has 0 radical (unpaired) electrons. The number of hydrogen-bond donors (Lipinski definition) is 1. The van der Waals surface area contributed by atoms with Crippen LogP contribution in [0, 0.1) is 0 Å². The Morgan fingerprint density at radius 1 is 1.17 bits per heavy atom. The van der Waals surface area contributed by atoms with Crippen molar-refractivity contribution in [2.24, 2.45) is 0 Å². The Morgan fingerprint density at radius 2 is 1.91 bits per heavy atom. The van der Waals surface area contributed by atoms with E-state index in [0.717, 1.165) is 10.2 Å². The Labute approximate surface area is 144 Å². The molecule has 120 valence electrons. The van der Waals surface area contributed by atoms with Gasteiger partial charge in [-0.25, -0.2) is 0 Å². The first-order valence-corrected chi connectivity index (χ1v) is 8.00. The topological polar surface area (TPSA) is 47.6 Å². The van der Waals surface area contributed by atoms with Crippen LogP contribution in [-0.4, -0.2) is 19.1 Å². The Balaban J connectivity index is 2.17. The molecule has 0 saturated carbocycles. The lowest BCUT2D eigenvalue weighted by atomic mass is 10.2. The molecule has 2 aromatic rings. The molecule has 1 N–H and O–H groups in total. The molecule has 0 bridgehead atoms. The Morgan fingerprint density at radius 3 is 2.57 bits per heavy atom. The highest BCUT2D eigenvalue weighted by atomic mass is 79.9. The van der Waals surface area contributed by atoms with Crippen LogP contribution < -0.4 is 14.8 Å². The fourth-order valence-corrected chi connectivity index (χ4v) is 2.19. The smallest absolute Gasteiger partial charge is 0.255 e. The van der Waals surface area contributed by atoms with Crippen molar-refractivity contribution in [2.45, 2.75) is 6.92 Å². The van der Waals surface area contributed by atoms with Gasteiger partial charge >= 0.3 is 0 Å². The summed E-state index contributed by atoms with van der Waals surface area (Å²) in [6.07, 6.45) is 1.66. The predicted octanol–water partition coefficient (Wildman–Crippen LogP) is 4.66. The number of hydrogen-bond acceptors (Lipinski definition) is 3. The molecule has 5 heteroatoms. The van der Waals surface area contributed by atoms with Crippen molar-refractivity contribution < 1.29 is 14.3 Å². The van der Waals surface area contributed by atoms with Gasteiger partial charge in [-0.3, -0.25) is 4.79 Å². The van der Waals surface area contributed by atoms with Crippen LogP contribution in [0.4, 0.5) is 5.69 Å². The van der Waals surface area contributed by atoms with E-state index < -0.39 is 0 Å². The minimum absolute atomic E-state index is 0.205. The van der Waals surface area contributed by atoms with E-state index in [4.69, 9.17) is 9.47 Å². The zero-order chi connectivity index (χ0) is 16.7. The SMILES string of the molecule is C=CCOc1ccc(C(=O)Nc2ccc(Br)cc2)cc1OCC. The molecule has 0 atom stereocenters. The molecule has 0 aliphatic heterocycles. The van der Waals surface area contributed by atoms with Gasteiger partial charge in [0.15, 0.2) is 11.5 Å². The second-order valence-electron chi connectivity index (χ2n) is 4.66. The number of carbonyl (C=O) groups is 1. The minimum atomic E-state index is -0.205. The molecule has 23 heavy (non-hydrogen) atoms. The molecule has 0 heterocycles. The van der Waals surface area contributed by atoms with E-state index in [1.54, 1.807) is 24.3 Å². The van der Waals surface area contributed by atoms with E-state index in [1.165, 1.54) is 0 Å². The quantitative estimate of drug-likeness (QED) is 0.715. The maximum atomic E-state index is 12.3. The van der Waals surface area contributed by atoms with E-state index in [9.17, 15) is 4.79 Å². The highest BCUT2D eigenvalue weighted by molar-refractivity contribution is 9.10. The molecular formula is C18H18BrNO3. The molecule has 0 unspecified atom stereocenters. The van der Waals surface area contributed by atoms with Crippen LogP contribution >= 0.6 is 15.9 Å². The number of anilines is 1. The first-order valence-electron chi connectivity index (χ1n) is 7.21. The summed E-state index contributed by atoms with van der Waals surface area (Å²) in [5.74, 6) is 0.924. The van der Waals surface area contributed by atoms with Gasteiger partial charge in [0.25, 0.3) is 5.91 Å². The summed E-state index contributed by atoms with van der Waals surface area (Å²) in [4.78, 5) is 12.3. The standard InChI is InChI=1S/C18H18BrNO3/c1-3-11-23-16-10-5-13(12-17(16)22-4-2)18(21)20-15-8-6-14(19)7-9-15/h3,5-10,12H,1,4,11H2,2H3,(H,20,21). The van der Waals surface area contributed by atoms with Gasteiger partial charge in [-0.2, -0.15) is 0 Å². The van der Waals surface area contributed by atoms with E-state index in [1.807, 2.05) is 31.2 Å². The van der Waals surface area contributed by atoms with Crippen molar-refractivity contribution in [3.63, 3.8) is 0 Å². The van der Waals surface area contributed by atoms with Crippen molar-refractivity contribution in [3.8, 4) is 11.5 Å². The van der Waals surface area contributed by atoms with Gasteiger partial charge in [-0.15, -0.1) is 0 Å². The van der Waals surface area contributed by atoms with Crippen LogP contribution in [0.25, 0.3) is 0 Å². The number of benzene rings is 2. The van der Waals surface area contributed by atoms with Crippen molar-refractivity contribution in [1.29, 1.82) is 0 Å². The summed E-state index contributed by atoms with van der Waals surface area (Å²) in [6, 6.07) is 12.5. The first-order chi connectivity index (χ1) is 11.1. The Bertz CT molecular complexity index is 683. The number of ether oxygens (including phenoxy) is 2. The van der Waals surface area contributed by atoms with Crippen molar-refractivity contribution >= 4 is 27.5 Å². The lowest BCUT2D eigenvalue weighted by Crippen LogP contribution is -2.12. The highest BCUT2D eigenvalue weighted by Gasteiger charge is 2.12. The van der Waals surface area contributed by atoms with Crippen LogP contribution in [0.5, 0.6) is 11.5 Å². The molecule has 2 rings (SSSR count). The number of nitrogens with one attached hydrogen (secondary N) is 1. The van der Waals surface area contributed by atoms with Crippen LogP contribution in [-0.2, 0) is 0 Å².